The van der Waals surface area contributed by atoms with Gasteiger partial charge in [0.15, 0.2) is 0 Å². The molecule has 1 atom stereocenters. The van der Waals surface area contributed by atoms with Crippen LogP contribution < -0.4 is 5.32 Å². The van der Waals surface area contributed by atoms with Gasteiger partial charge < -0.3 is 9.73 Å². The maximum Gasteiger partial charge on any atom is 0.418 e. The predicted octanol–water partition coefficient (Wildman–Crippen LogP) is 5.12. The molecule has 0 radical (unpaired) electrons. The minimum atomic E-state index is -4.46. The van der Waals surface area contributed by atoms with Gasteiger partial charge in [-0.1, -0.05) is 17.7 Å². The number of nitrogens with one attached hydrogen (secondary N) is 1. The van der Waals surface area contributed by atoms with Crippen LogP contribution in [0.25, 0.3) is 0 Å². The molecular formula is C13H11ClF3NO. The van der Waals surface area contributed by atoms with Crippen LogP contribution in [0, 0.1) is 0 Å². The van der Waals surface area contributed by atoms with Crippen LogP contribution in [-0.2, 0) is 6.18 Å². The highest BCUT2D eigenvalue weighted by molar-refractivity contribution is 6.33. The van der Waals surface area contributed by atoms with Gasteiger partial charge in [0.25, 0.3) is 0 Å². The van der Waals surface area contributed by atoms with Crippen molar-refractivity contribution in [1.29, 1.82) is 0 Å². The zero-order valence-corrected chi connectivity index (χ0v) is 10.7. The molecule has 0 aliphatic heterocycles. The summed E-state index contributed by atoms with van der Waals surface area (Å²) in [4.78, 5) is 0. The summed E-state index contributed by atoms with van der Waals surface area (Å²) in [7, 11) is 0. The molecule has 2 nitrogen and oxygen atoms in total. The molecule has 0 fully saturated rings. The van der Waals surface area contributed by atoms with Crippen LogP contribution in [0.15, 0.2) is 41.0 Å². The molecule has 1 N–H and O–H groups in total. The number of furan rings is 1. The van der Waals surface area contributed by atoms with E-state index in [4.69, 9.17) is 16.0 Å². The lowest BCUT2D eigenvalue weighted by Gasteiger charge is -2.19. The van der Waals surface area contributed by atoms with Crippen LogP contribution in [0.5, 0.6) is 0 Å². The van der Waals surface area contributed by atoms with E-state index in [0.29, 0.717) is 5.76 Å². The molecule has 102 valence electrons. The van der Waals surface area contributed by atoms with Crippen LogP contribution in [0.4, 0.5) is 18.9 Å². The van der Waals surface area contributed by atoms with Gasteiger partial charge in [0, 0.05) is 0 Å². The van der Waals surface area contributed by atoms with Gasteiger partial charge in [-0.15, -0.1) is 0 Å². The summed E-state index contributed by atoms with van der Waals surface area (Å²) in [5.74, 6) is 0.535. The molecule has 2 aromatic rings. The third-order valence-corrected chi connectivity index (χ3v) is 2.96. The summed E-state index contributed by atoms with van der Waals surface area (Å²) in [5, 5.41) is 2.76. The first-order chi connectivity index (χ1) is 8.89. The van der Waals surface area contributed by atoms with Gasteiger partial charge in [0.1, 0.15) is 5.76 Å². The number of rotatable bonds is 3. The van der Waals surface area contributed by atoms with E-state index in [1.807, 2.05) is 0 Å². The van der Waals surface area contributed by atoms with E-state index < -0.39 is 17.8 Å². The van der Waals surface area contributed by atoms with Gasteiger partial charge in [-0.3, -0.25) is 0 Å². The highest BCUT2D eigenvalue weighted by atomic mass is 35.5. The second-order valence-corrected chi connectivity index (χ2v) is 4.45. The monoisotopic (exact) mass is 289 g/mol. The molecular weight excluding hydrogens is 279 g/mol. The molecule has 6 heteroatoms. The standard InChI is InChI=1S/C13H11ClF3NO/c1-8(11-6-3-7-19-11)18-12-9(13(15,16)17)4-2-5-10(12)14/h2-8,18H,1H3. The number of halogens is 4. The van der Waals surface area contributed by atoms with Crippen molar-refractivity contribution in [2.45, 2.75) is 19.1 Å². The molecule has 0 amide bonds. The molecule has 0 spiro atoms. The molecule has 0 aliphatic carbocycles. The Morgan fingerprint density at radius 3 is 2.53 bits per heavy atom. The Morgan fingerprint density at radius 1 is 1.21 bits per heavy atom. The lowest BCUT2D eigenvalue weighted by Crippen LogP contribution is -2.13. The topological polar surface area (TPSA) is 25.2 Å². The number of benzene rings is 1. The molecule has 0 aliphatic rings. The van der Waals surface area contributed by atoms with Crippen molar-refractivity contribution in [3.63, 3.8) is 0 Å². The molecule has 19 heavy (non-hydrogen) atoms. The average molecular weight is 290 g/mol. The van der Waals surface area contributed by atoms with Gasteiger partial charge in [-0.2, -0.15) is 13.2 Å². The van der Waals surface area contributed by atoms with Crippen molar-refractivity contribution in [1.82, 2.24) is 0 Å². The second kappa shape index (κ2) is 5.17. The van der Waals surface area contributed by atoms with Crippen molar-refractivity contribution in [2.75, 3.05) is 5.32 Å². The van der Waals surface area contributed by atoms with Crippen LogP contribution in [0.1, 0.15) is 24.3 Å². The van der Waals surface area contributed by atoms with Crippen LogP contribution in [0.2, 0.25) is 5.02 Å². The fourth-order valence-corrected chi connectivity index (χ4v) is 1.96. The molecule has 1 aromatic carbocycles. The summed E-state index contributed by atoms with van der Waals surface area (Å²) in [6.45, 7) is 1.70. The minimum Gasteiger partial charge on any atom is -0.467 e. The largest absolute Gasteiger partial charge is 0.467 e. The maximum absolute atomic E-state index is 12.9. The lowest BCUT2D eigenvalue weighted by molar-refractivity contribution is -0.137. The first kappa shape index (κ1) is 13.8. The maximum atomic E-state index is 12.9. The van der Waals surface area contributed by atoms with E-state index in [2.05, 4.69) is 5.32 Å². The number of anilines is 1. The molecule has 1 unspecified atom stereocenters. The minimum absolute atomic E-state index is 0.0215. The van der Waals surface area contributed by atoms with E-state index in [0.717, 1.165) is 6.07 Å². The fourth-order valence-electron chi connectivity index (χ4n) is 1.73. The molecule has 0 bridgehead atoms. The Labute approximate surface area is 113 Å². The van der Waals surface area contributed by atoms with Crippen molar-refractivity contribution in [3.8, 4) is 0 Å². The third-order valence-electron chi connectivity index (χ3n) is 2.65. The summed E-state index contributed by atoms with van der Waals surface area (Å²) in [6, 6.07) is 6.60. The Bertz CT molecular complexity index is 552. The summed E-state index contributed by atoms with van der Waals surface area (Å²) < 4.78 is 43.8. The first-order valence-corrected chi connectivity index (χ1v) is 5.93. The third kappa shape index (κ3) is 3.04. The Kier molecular flexibility index (Phi) is 3.75. The van der Waals surface area contributed by atoms with Gasteiger partial charge in [-0.05, 0) is 31.2 Å². The van der Waals surface area contributed by atoms with Crippen LogP contribution >= 0.6 is 11.6 Å². The van der Waals surface area contributed by atoms with Gasteiger partial charge in [0.2, 0.25) is 0 Å². The normalized spacial score (nSPS) is 13.3. The number of para-hydroxylation sites is 1. The smallest absolute Gasteiger partial charge is 0.418 e. The van der Waals surface area contributed by atoms with E-state index in [1.165, 1.54) is 18.4 Å². The molecule has 0 saturated heterocycles. The Morgan fingerprint density at radius 2 is 1.95 bits per heavy atom. The molecule has 0 saturated carbocycles. The SMILES string of the molecule is CC(Nc1c(Cl)cccc1C(F)(F)F)c1ccco1. The average Bonchev–Trinajstić information content (AvgIpc) is 2.83. The quantitative estimate of drug-likeness (QED) is 0.848. The van der Waals surface area contributed by atoms with Crippen molar-refractivity contribution < 1.29 is 17.6 Å². The highest BCUT2D eigenvalue weighted by Crippen LogP contribution is 2.39. The highest BCUT2D eigenvalue weighted by Gasteiger charge is 2.34. The van der Waals surface area contributed by atoms with E-state index >= 15 is 0 Å². The second-order valence-electron chi connectivity index (χ2n) is 4.04. The summed E-state index contributed by atoms with van der Waals surface area (Å²) in [6.07, 6.45) is -3.00. The molecule has 2 rings (SSSR count). The Balaban J connectivity index is 2.34. The zero-order valence-electron chi connectivity index (χ0n) is 9.96. The van der Waals surface area contributed by atoms with E-state index in [9.17, 15) is 13.2 Å². The van der Waals surface area contributed by atoms with Crippen LogP contribution in [0.3, 0.4) is 0 Å². The van der Waals surface area contributed by atoms with Crippen LogP contribution in [-0.4, -0.2) is 0 Å². The summed E-state index contributed by atoms with van der Waals surface area (Å²) >= 11 is 5.85. The van der Waals surface area contributed by atoms with Gasteiger partial charge in [0.05, 0.1) is 28.6 Å². The summed E-state index contributed by atoms with van der Waals surface area (Å²) in [5.41, 5.74) is -0.932. The van der Waals surface area contributed by atoms with E-state index in [-0.39, 0.29) is 10.7 Å². The Hall–Kier alpha value is -1.62. The van der Waals surface area contributed by atoms with Crippen molar-refractivity contribution in [2.24, 2.45) is 0 Å². The molecule has 1 aromatic heterocycles. The lowest BCUT2D eigenvalue weighted by atomic mass is 10.1. The van der Waals surface area contributed by atoms with Gasteiger partial charge in [-0.25, -0.2) is 0 Å². The van der Waals surface area contributed by atoms with E-state index in [1.54, 1.807) is 19.1 Å². The number of alkyl halides is 3. The van der Waals surface area contributed by atoms with Crippen molar-refractivity contribution >= 4 is 17.3 Å². The predicted molar refractivity (Wildman–Crippen MR) is 67.2 cm³/mol. The first-order valence-electron chi connectivity index (χ1n) is 5.55. The number of hydrogen-bond acceptors (Lipinski definition) is 2. The zero-order chi connectivity index (χ0) is 14.0. The number of hydrogen-bond donors (Lipinski definition) is 1. The van der Waals surface area contributed by atoms with Crippen molar-refractivity contribution in [3.05, 3.63) is 52.9 Å². The van der Waals surface area contributed by atoms with Gasteiger partial charge >= 0.3 is 6.18 Å². The fraction of sp³-hybridized carbons (Fsp3) is 0.231. The molecule has 1 heterocycles.